The first kappa shape index (κ1) is 24.4. The fraction of sp³-hybridized carbons (Fsp3) is 0.333. The molecule has 36 heavy (non-hydrogen) atoms. The van der Waals surface area contributed by atoms with Crippen LogP contribution in [0.3, 0.4) is 0 Å². The van der Waals surface area contributed by atoms with Crippen LogP contribution in [-0.2, 0) is 26.7 Å². The molecule has 5 rings (SSSR count). The summed E-state index contributed by atoms with van der Waals surface area (Å²) in [5.74, 6) is 1.49. The molecular weight excluding hydrogens is 480 g/mol. The third-order valence-electron chi connectivity index (χ3n) is 6.62. The number of pyridine rings is 1. The molecule has 0 bridgehead atoms. The monoisotopic (exact) mass is 510 g/mol. The standard InChI is InChI=1S/C27H28N2O6S.H2/c1-26(2,16-30)29-36(32,33)21-9-6-18(7-10-21)22-5-3-4-20(28-22)15-25(31)27(12-13-27)19-8-11-23-24(14-19)35-17-34-23;/h3-11,14,29-30H,12-13,15-17H2,1-2H3;1H. The van der Waals surface area contributed by atoms with Crippen molar-refractivity contribution in [1.82, 2.24) is 9.71 Å². The van der Waals surface area contributed by atoms with E-state index in [1.807, 2.05) is 36.4 Å². The maximum absolute atomic E-state index is 13.3. The highest BCUT2D eigenvalue weighted by molar-refractivity contribution is 7.89. The van der Waals surface area contributed by atoms with E-state index in [9.17, 15) is 18.3 Å². The highest BCUT2D eigenvalue weighted by Crippen LogP contribution is 2.51. The number of nitrogens with zero attached hydrogens (tertiary/aromatic N) is 1. The number of carbonyl (C=O) groups excluding carboxylic acids is 1. The first-order valence-corrected chi connectivity index (χ1v) is 13.2. The molecule has 2 heterocycles. The number of carbonyl (C=O) groups is 1. The molecule has 8 nitrogen and oxygen atoms in total. The molecule has 190 valence electrons. The van der Waals surface area contributed by atoms with Crippen molar-refractivity contribution in [3.8, 4) is 22.8 Å². The van der Waals surface area contributed by atoms with E-state index in [1.54, 1.807) is 26.0 Å². The van der Waals surface area contributed by atoms with Crippen molar-refractivity contribution in [2.75, 3.05) is 13.4 Å². The van der Waals surface area contributed by atoms with Crippen LogP contribution in [0.2, 0.25) is 0 Å². The number of aliphatic hydroxyl groups excluding tert-OH is 1. The van der Waals surface area contributed by atoms with Crippen LogP contribution in [0.4, 0.5) is 0 Å². The molecule has 1 fully saturated rings. The number of hydrogen-bond donors (Lipinski definition) is 2. The summed E-state index contributed by atoms with van der Waals surface area (Å²) in [6, 6.07) is 17.6. The van der Waals surface area contributed by atoms with Crippen molar-refractivity contribution in [1.29, 1.82) is 0 Å². The van der Waals surface area contributed by atoms with Crippen molar-refractivity contribution in [3.63, 3.8) is 0 Å². The SMILES string of the molecule is CC(C)(CO)NS(=O)(=O)c1ccc(-c2cccc(CC(=O)C3(c4ccc5c(c4)OCO5)CC3)n2)cc1.[HH]. The van der Waals surface area contributed by atoms with Crippen molar-refractivity contribution >= 4 is 15.8 Å². The minimum atomic E-state index is -3.78. The number of sulfonamides is 1. The Balaban J connectivity index is 0.00000320. The number of aliphatic hydroxyl groups is 1. The smallest absolute Gasteiger partial charge is 0.241 e. The maximum Gasteiger partial charge on any atom is 0.241 e. The predicted octanol–water partition coefficient (Wildman–Crippen LogP) is 3.62. The summed E-state index contributed by atoms with van der Waals surface area (Å²) in [6.07, 6.45) is 1.79. The lowest BCUT2D eigenvalue weighted by Gasteiger charge is -2.23. The molecule has 3 aromatic rings. The van der Waals surface area contributed by atoms with Gasteiger partial charge in [-0.2, -0.15) is 0 Å². The van der Waals surface area contributed by atoms with E-state index in [-0.39, 0.29) is 31.9 Å². The minimum absolute atomic E-state index is 0. The van der Waals surface area contributed by atoms with Crippen LogP contribution < -0.4 is 14.2 Å². The van der Waals surface area contributed by atoms with Crippen LogP contribution >= 0.6 is 0 Å². The number of Topliss-reactive ketones (excluding diaryl/α,β-unsaturated/α-hetero) is 1. The molecule has 2 aliphatic rings. The second kappa shape index (κ2) is 8.99. The van der Waals surface area contributed by atoms with Crippen LogP contribution in [0.5, 0.6) is 11.5 Å². The number of benzene rings is 2. The number of rotatable bonds is 9. The number of nitrogens with one attached hydrogen (secondary N) is 1. The number of fused-ring (bicyclic) bond motifs is 1. The highest BCUT2D eigenvalue weighted by Gasteiger charge is 2.51. The van der Waals surface area contributed by atoms with Gasteiger partial charge in [0.2, 0.25) is 16.8 Å². The molecule has 0 unspecified atom stereocenters. The summed E-state index contributed by atoms with van der Waals surface area (Å²) >= 11 is 0. The summed E-state index contributed by atoms with van der Waals surface area (Å²) in [5, 5.41) is 9.37. The molecule has 1 aliphatic carbocycles. The zero-order chi connectivity index (χ0) is 25.6. The van der Waals surface area contributed by atoms with Gasteiger partial charge in [0.25, 0.3) is 0 Å². The van der Waals surface area contributed by atoms with Crippen molar-refractivity contribution in [3.05, 3.63) is 71.9 Å². The average molecular weight is 511 g/mol. The summed E-state index contributed by atoms with van der Waals surface area (Å²) in [4.78, 5) is 18.1. The third kappa shape index (κ3) is 4.74. The molecular formula is C27H30N2O6S. The number of ketones is 1. The van der Waals surface area contributed by atoms with E-state index in [2.05, 4.69) is 9.71 Å². The number of ether oxygens (including phenoxy) is 2. The molecule has 0 atom stereocenters. The molecule has 1 saturated carbocycles. The van der Waals surface area contributed by atoms with E-state index < -0.39 is 21.0 Å². The van der Waals surface area contributed by atoms with Crippen LogP contribution in [0, 0.1) is 0 Å². The highest BCUT2D eigenvalue weighted by atomic mass is 32.2. The first-order valence-electron chi connectivity index (χ1n) is 11.8. The van der Waals surface area contributed by atoms with E-state index in [0.717, 1.165) is 24.0 Å². The number of aromatic nitrogens is 1. The second-order valence-electron chi connectivity index (χ2n) is 9.94. The fourth-order valence-corrected chi connectivity index (χ4v) is 5.78. The Bertz CT molecular complexity index is 1420. The lowest BCUT2D eigenvalue weighted by atomic mass is 9.88. The van der Waals surface area contributed by atoms with Gasteiger partial charge in [0, 0.05) is 19.1 Å². The zero-order valence-corrected chi connectivity index (χ0v) is 21.0. The Morgan fingerprint density at radius 2 is 1.81 bits per heavy atom. The lowest BCUT2D eigenvalue weighted by Crippen LogP contribution is -2.46. The van der Waals surface area contributed by atoms with E-state index in [1.165, 1.54) is 12.1 Å². The molecule has 1 aliphatic heterocycles. The van der Waals surface area contributed by atoms with Crippen LogP contribution in [0.1, 0.15) is 39.4 Å². The molecule has 2 N–H and O–H groups in total. The predicted molar refractivity (Wildman–Crippen MR) is 135 cm³/mol. The van der Waals surface area contributed by atoms with E-state index in [4.69, 9.17) is 9.47 Å². The second-order valence-corrected chi connectivity index (χ2v) is 11.6. The normalized spacial score (nSPS) is 16.1. The summed E-state index contributed by atoms with van der Waals surface area (Å²) in [7, 11) is -3.78. The van der Waals surface area contributed by atoms with Gasteiger partial charge in [-0.3, -0.25) is 9.78 Å². The van der Waals surface area contributed by atoms with E-state index >= 15 is 0 Å². The van der Waals surface area contributed by atoms with Crippen LogP contribution in [0.25, 0.3) is 11.3 Å². The van der Waals surface area contributed by atoms with Gasteiger partial charge in [-0.1, -0.05) is 24.3 Å². The Morgan fingerprint density at radius 1 is 1.08 bits per heavy atom. The minimum Gasteiger partial charge on any atom is -0.454 e. The summed E-state index contributed by atoms with van der Waals surface area (Å²) in [6.45, 7) is 3.08. The topological polar surface area (TPSA) is 115 Å². The van der Waals surface area contributed by atoms with Gasteiger partial charge in [0.15, 0.2) is 11.5 Å². The summed E-state index contributed by atoms with van der Waals surface area (Å²) < 4.78 is 38.6. The molecule has 0 saturated heterocycles. The van der Waals surface area contributed by atoms with Gasteiger partial charge in [-0.15, -0.1) is 0 Å². The summed E-state index contributed by atoms with van der Waals surface area (Å²) in [5.41, 5.74) is 1.52. The number of hydrogen-bond acceptors (Lipinski definition) is 7. The van der Waals surface area contributed by atoms with Crippen molar-refractivity contribution in [2.45, 2.75) is 49.0 Å². The van der Waals surface area contributed by atoms with Crippen molar-refractivity contribution < 1.29 is 29.2 Å². The Morgan fingerprint density at radius 3 is 2.50 bits per heavy atom. The molecule has 2 aromatic carbocycles. The first-order chi connectivity index (χ1) is 17.1. The van der Waals surface area contributed by atoms with Crippen molar-refractivity contribution in [2.24, 2.45) is 0 Å². The maximum atomic E-state index is 13.3. The molecule has 0 radical (unpaired) electrons. The molecule has 0 spiro atoms. The fourth-order valence-electron chi connectivity index (χ4n) is 4.38. The average Bonchev–Trinajstić information content (AvgIpc) is 3.54. The van der Waals surface area contributed by atoms with Gasteiger partial charge in [-0.25, -0.2) is 13.1 Å². The Labute approximate surface area is 211 Å². The van der Waals surface area contributed by atoms with Gasteiger partial charge in [-0.05, 0) is 68.7 Å². The molecule has 0 amide bonds. The van der Waals surface area contributed by atoms with Crippen LogP contribution in [0.15, 0.2) is 65.6 Å². The quantitative estimate of drug-likeness (QED) is 0.452. The zero-order valence-electron chi connectivity index (χ0n) is 20.2. The van der Waals surface area contributed by atoms with Gasteiger partial charge < -0.3 is 14.6 Å². The Hall–Kier alpha value is -3.27. The van der Waals surface area contributed by atoms with Crippen LogP contribution in [-0.4, -0.2) is 43.2 Å². The molecule has 1 aromatic heterocycles. The van der Waals surface area contributed by atoms with Gasteiger partial charge in [0.1, 0.15) is 5.78 Å². The van der Waals surface area contributed by atoms with Gasteiger partial charge >= 0.3 is 0 Å². The largest absolute Gasteiger partial charge is 0.454 e. The lowest BCUT2D eigenvalue weighted by molar-refractivity contribution is -0.120. The Kier molecular flexibility index (Phi) is 6.10. The molecule has 9 heteroatoms. The third-order valence-corrected chi connectivity index (χ3v) is 8.34. The van der Waals surface area contributed by atoms with Gasteiger partial charge in [0.05, 0.1) is 28.2 Å². The van der Waals surface area contributed by atoms with E-state index in [0.29, 0.717) is 22.9 Å².